The zero-order valence-electron chi connectivity index (χ0n) is 11.9. The highest BCUT2D eigenvalue weighted by molar-refractivity contribution is 4.89. The van der Waals surface area contributed by atoms with Crippen LogP contribution in [0, 0.1) is 5.92 Å². The Morgan fingerprint density at radius 2 is 1.79 bits per heavy atom. The third-order valence-corrected chi connectivity index (χ3v) is 3.61. The highest BCUT2D eigenvalue weighted by Crippen LogP contribution is 2.34. The Hall–Kier alpha value is -0.330. The van der Waals surface area contributed by atoms with Crippen LogP contribution in [0.5, 0.6) is 0 Å². The first-order valence-electron chi connectivity index (χ1n) is 6.84. The van der Waals surface area contributed by atoms with Gasteiger partial charge in [-0.1, -0.05) is 13.8 Å². The zero-order chi connectivity index (χ0) is 14.7. The molecule has 1 atom stereocenters. The molecule has 114 valence electrons. The predicted octanol–water partition coefficient (Wildman–Crippen LogP) is 2.01. The largest absolute Gasteiger partial charge is 0.394 e. The van der Waals surface area contributed by atoms with Crippen LogP contribution in [-0.2, 0) is 0 Å². The van der Waals surface area contributed by atoms with Crippen LogP contribution in [0.1, 0.15) is 33.6 Å². The Morgan fingerprint density at radius 1 is 1.26 bits per heavy atom. The molecule has 1 rings (SSSR count). The zero-order valence-corrected chi connectivity index (χ0v) is 11.9. The number of likely N-dealkylation sites (tertiary alicyclic amines) is 1. The minimum absolute atomic E-state index is 0.0234. The van der Waals surface area contributed by atoms with E-state index in [0.29, 0.717) is 19.6 Å². The quantitative estimate of drug-likeness (QED) is 0.809. The lowest BCUT2D eigenvalue weighted by Crippen LogP contribution is -2.57. The van der Waals surface area contributed by atoms with Crippen molar-refractivity contribution in [3.63, 3.8) is 0 Å². The molecular weight excluding hydrogens is 257 g/mol. The summed E-state index contributed by atoms with van der Waals surface area (Å²) < 4.78 is 37.7. The average molecular weight is 282 g/mol. The van der Waals surface area contributed by atoms with E-state index >= 15 is 0 Å². The molecule has 1 fully saturated rings. The molecule has 1 aliphatic heterocycles. The predicted molar refractivity (Wildman–Crippen MR) is 69.0 cm³/mol. The van der Waals surface area contributed by atoms with Crippen LogP contribution in [0.2, 0.25) is 0 Å². The molecule has 0 aromatic carbocycles. The second-order valence-electron chi connectivity index (χ2n) is 6.11. The van der Waals surface area contributed by atoms with E-state index < -0.39 is 17.6 Å². The Kier molecular flexibility index (Phi) is 5.65. The van der Waals surface area contributed by atoms with E-state index in [1.165, 1.54) is 0 Å². The van der Waals surface area contributed by atoms with E-state index in [0.717, 1.165) is 0 Å². The molecule has 3 nitrogen and oxygen atoms in total. The van der Waals surface area contributed by atoms with Crippen molar-refractivity contribution in [1.29, 1.82) is 0 Å². The fraction of sp³-hybridized carbons (Fsp3) is 1.00. The van der Waals surface area contributed by atoms with Gasteiger partial charge >= 0.3 is 6.18 Å². The third kappa shape index (κ3) is 5.28. The van der Waals surface area contributed by atoms with Gasteiger partial charge in [0.05, 0.1) is 18.1 Å². The van der Waals surface area contributed by atoms with Crippen molar-refractivity contribution in [1.82, 2.24) is 10.2 Å². The summed E-state index contributed by atoms with van der Waals surface area (Å²) in [6.45, 7) is 7.33. The summed E-state index contributed by atoms with van der Waals surface area (Å²) in [5, 5.41) is 12.8. The fourth-order valence-corrected chi connectivity index (χ4v) is 2.75. The van der Waals surface area contributed by atoms with Gasteiger partial charge in [-0.05, 0) is 32.9 Å². The number of alkyl halides is 3. The van der Waals surface area contributed by atoms with E-state index in [4.69, 9.17) is 0 Å². The van der Waals surface area contributed by atoms with Gasteiger partial charge < -0.3 is 15.3 Å². The molecule has 0 saturated carbocycles. The van der Waals surface area contributed by atoms with Gasteiger partial charge in [0.25, 0.3) is 0 Å². The highest BCUT2D eigenvalue weighted by atomic mass is 19.4. The van der Waals surface area contributed by atoms with Crippen molar-refractivity contribution < 1.29 is 18.3 Å². The molecule has 1 unspecified atom stereocenters. The van der Waals surface area contributed by atoms with Crippen molar-refractivity contribution in [2.24, 2.45) is 5.92 Å². The van der Waals surface area contributed by atoms with Crippen molar-refractivity contribution in [3.05, 3.63) is 0 Å². The summed E-state index contributed by atoms with van der Waals surface area (Å²) in [4.78, 5) is 2.01. The van der Waals surface area contributed by atoms with Crippen molar-refractivity contribution in [2.75, 3.05) is 26.2 Å². The first-order valence-corrected chi connectivity index (χ1v) is 6.84. The Morgan fingerprint density at radius 3 is 2.16 bits per heavy atom. The summed E-state index contributed by atoms with van der Waals surface area (Å²) in [7, 11) is 0. The molecule has 0 aromatic heterocycles. The van der Waals surface area contributed by atoms with Gasteiger partial charge in [0, 0.05) is 12.6 Å². The average Bonchev–Trinajstić information content (AvgIpc) is 2.27. The van der Waals surface area contributed by atoms with E-state index in [1.807, 2.05) is 25.7 Å². The normalized spacial score (nSPS) is 22.7. The van der Waals surface area contributed by atoms with E-state index in [9.17, 15) is 18.3 Å². The molecule has 0 radical (unpaired) electrons. The van der Waals surface area contributed by atoms with Gasteiger partial charge in [-0.25, -0.2) is 0 Å². The van der Waals surface area contributed by atoms with Crippen LogP contribution < -0.4 is 5.32 Å². The third-order valence-electron chi connectivity index (χ3n) is 3.61. The lowest BCUT2D eigenvalue weighted by molar-refractivity contribution is -0.185. The second-order valence-corrected chi connectivity index (χ2v) is 6.11. The van der Waals surface area contributed by atoms with Gasteiger partial charge in [0.2, 0.25) is 0 Å². The minimum Gasteiger partial charge on any atom is -0.394 e. The Labute approximate surface area is 113 Å². The van der Waals surface area contributed by atoms with Crippen molar-refractivity contribution >= 4 is 0 Å². The SMILES string of the molecule is CC(C)NC(C)(CO)CN1CCC(C(F)(F)F)CC1. The Balaban J connectivity index is 2.47. The van der Waals surface area contributed by atoms with Crippen LogP contribution in [-0.4, -0.2) is 54.0 Å². The molecule has 0 aliphatic carbocycles. The maximum Gasteiger partial charge on any atom is 0.391 e. The van der Waals surface area contributed by atoms with Crippen molar-refractivity contribution in [2.45, 2.75) is 51.4 Å². The molecule has 1 saturated heterocycles. The molecule has 0 spiro atoms. The van der Waals surface area contributed by atoms with Crippen LogP contribution in [0.3, 0.4) is 0 Å². The number of hydrogen-bond acceptors (Lipinski definition) is 3. The summed E-state index contributed by atoms with van der Waals surface area (Å²) in [5.41, 5.74) is -0.459. The fourth-order valence-electron chi connectivity index (χ4n) is 2.75. The lowest BCUT2D eigenvalue weighted by Gasteiger charge is -2.40. The van der Waals surface area contributed by atoms with E-state index in [1.54, 1.807) is 0 Å². The lowest BCUT2D eigenvalue weighted by atomic mass is 9.94. The summed E-state index contributed by atoms with van der Waals surface area (Å²) in [6.07, 6.45) is -3.75. The van der Waals surface area contributed by atoms with Gasteiger partial charge in [-0.15, -0.1) is 0 Å². The number of halogens is 3. The first kappa shape index (κ1) is 16.7. The summed E-state index contributed by atoms with van der Waals surface area (Å²) in [6, 6.07) is 0.227. The smallest absolute Gasteiger partial charge is 0.391 e. The van der Waals surface area contributed by atoms with Crippen LogP contribution >= 0.6 is 0 Å². The second kappa shape index (κ2) is 6.41. The molecule has 1 heterocycles. The van der Waals surface area contributed by atoms with Crippen LogP contribution in [0.4, 0.5) is 13.2 Å². The number of rotatable bonds is 5. The number of nitrogens with one attached hydrogen (secondary N) is 1. The molecule has 0 aromatic rings. The molecule has 19 heavy (non-hydrogen) atoms. The molecule has 6 heteroatoms. The number of aliphatic hydroxyl groups excluding tert-OH is 1. The maximum absolute atomic E-state index is 12.6. The highest BCUT2D eigenvalue weighted by Gasteiger charge is 2.41. The first-order chi connectivity index (χ1) is 8.66. The van der Waals surface area contributed by atoms with Crippen LogP contribution in [0.25, 0.3) is 0 Å². The standard InChI is InChI=1S/C13H25F3N2O/c1-10(2)17-12(3,9-19)8-18-6-4-11(5-7-18)13(14,15)16/h10-11,17,19H,4-9H2,1-3H3. The van der Waals surface area contributed by atoms with E-state index in [-0.39, 0.29) is 25.5 Å². The van der Waals surface area contributed by atoms with Gasteiger partial charge in [0.15, 0.2) is 0 Å². The molecule has 1 aliphatic rings. The molecule has 0 bridgehead atoms. The van der Waals surface area contributed by atoms with Crippen molar-refractivity contribution in [3.8, 4) is 0 Å². The molecule has 2 N–H and O–H groups in total. The minimum atomic E-state index is -4.07. The van der Waals surface area contributed by atoms with E-state index in [2.05, 4.69) is 5.32 Å². The van der Waals surface area contributed by atoms with Crippen LogP contribution in [0.15, 0.2) is 0 Å². The van der Waals surface area contributed by atoms with Gasteiger partial charge in [0.1, 0.15) is 0 Å². The van der Waals surface area contributed by atoms with Gasteiger partial charge in [-0.3, -0.25) is 0 Å². The summed E-state index contributed by atoms with van der Waals surface area (Å²) in [5.74, 6) is -1.16. The topological polar surface area (TPSA) is 35.5 Å². The molecule has 0 amide bonds. The number of hydrogen-bond donors (Lipinski definition) is 2. The number of piperidine rings is 1. The Bertz CT molecular complexity index is 276. The number of nitrogens with zero attached hydrogens (tertiary/aromatic N) is 1. The molecular formula is C13H25F3N2O. The summed E-state index contributed by atoms with van der Waals surface area (Å²) >= 11 is 0. The van der Waals surface area contributed by atoms with Gasteiger partial charge in [-0.2, -0.15) is 13.2 Å². The number of aliphatic hydroxyl groups is 1. The maximum atomic E-state index is 12.6. The monoisotopic (exact) mass is 282 g/mol.